The Morgan fingerprint density at radius 1 is 1.35 bits per heavy atom. The monoisotopic (exact) mass is 335 g/mol. The predicted octanol–water partition coefficient (Wildman–Crippen LogP) is 4.94. The van der Waals surface area contributed by atoms with Gasteiger partial charge in [0.1, 0.15) is 4.34 Å². The molecule has 0 unspecified atom stereocenters. The van der Waals surface area contributed by atoms with Gasteiger partial charge in [-0.25, -0.2) is 0 Å². The second-order valence-corrected chi connectivity index (χ2v) is 8.55. The van der Waals surface area contributed by atoms with Crippen LogP contribution in [-0.2, 0) is 6.54 Å². The summed E-state index contributed by atoms with van der Waals surface area (Å²) in [7, 11) is 0. The van der Waals surface area contributed by atoms with Crippen molar-refractivity contribution in [2.24, 2.45) is 16.7 Å². The first-order chi connectivity index (χ1) is 7.76. The fourth-order valence-corrected chi connectivity index (χ4v) is 4.42. The minimum Gasteiger partial charge on any atom is -0.312 e. The van der Waals surface area contributed by atoms with E-state index in [0.29, 0.717) is 10.8 Å². The lowest BCUT2D eigenvalue weighted by Crippen LogP contribution is -2.18. The fourth-order valence-electron chi connectivity index (χ4n) is 2.66. The molecule has 0 aromatic carbocycles. The van der Waals surface area contributed by atoms with Crippen molar-refractivity contribution in [1.29, 1.82) is 0 Å². The van der Waals surface area contributed by atoms with Crippen LogP contribution in [-0.4, -0.2) is 6.54 Å². The van der Waals surface area contributed by atoms with E-state index in [9.17, 15) is 0 Å². The van der Waals surface area contributed by atoms with Crippen LogP contribution in [0.15, 0.2) is 10.5 Å². The largest absolute Gasteiger partial charge is 0.312 e. The third kappa shape index (κ3) is 2.44. The van der Waals surface area contributed by atoms with Gasteiger partial charge in [0.2, 0.25) is 0 Å². The highest BCUT2D eigenvalue weighted by Gasteiger charge is 2.63. The van der Waals surface area contributed by atoms with Crippen LogP contribution in [0.5, 0.6) is 0 Å². The van der Waals surface area contributed by atoms with Crippen molar-refractivity contribution in [2.75, 3.05) is 6.54 Å². The lowest BCUT2D eigenvalue weighted by atomic mass is 10.0. The number of hydrogen-bond donors (Lipinski definition) is 1. The van der Waals surface area contributed by atoms with Gasteiger partial charge < -0.3 is 5.32 Å². The van der Waals surface area contributed by atoms with Gasteiger partial charge >= 0.3 is 0 Å². The molecule has 0 atom stereocenters. The van der Waals surface area contributed by atoms with Gasteiger partial charge in [0.25, 0.3) is 0 Å². The molecule has 1 aromatic rings. The minimum atomic E-state index is 0.466. The van der Waals surface area contributed by atoms with Gasteiger partial charge in [-0.15, -0.1) is 11.3 Å². The van der Waals surface area contributed by atoms with E-state index in [-0.39, 0.29) is 0 Å². The van der Waals surface area contributed by atoms with Crippen LogP contribution in [0.3, 0.4) is 0 Å². The van der Waals surface area contributed by atoms with Crippen molar-refractivity contribution in [2.45, 2.75) is 34.2 Å². The normalized spacial score (nSPS) is 21.8. The second kappa shape index (κ2) is 4.52. The molecule has 0 spiro atoms. The zero-order chi connectivity index (χ0) is 12.8. The second-order valence-electron chi connectivity index (χ2n) is 5.96. The third-order valence-electron chi connectivity index (χ3n) is 4.66. The van der Waals surface area contributed by atoms with Gasteiger partial charge in [0, 0.05) is 15.9 Å². The number of halogens is 2. The van der Waals surface area contributed by atoms with E-state index >= 15 is 0 Å². The van der Waals surface area contributed by atoms with Crippen LogP contribution in [0.25, 0.3) is 0 Å². The molecule has 0 amide bonds. The molecule has 0 saturated heterocycles. The van der Waals surface area contributed by atoms with Crippen LogP contribution in [0, 0.1) is 16.7 Å². The highest BCUT2D eigenvalue weighted by Crippen LogP contribution is 2.67. The Balaban J connectivity index is 1.82. The van der Waals surface area contributed by atoms with Crippen LogP contribution in [0.1, 0.15) is 32.6 Å². The van der Waals surface area contributed by atoms with Gasteiger partial charge in [0.15, 0.2) is 0 Å². The quantitative estimate of drug-likeness (QED) is 0.821. The van der Waals surface area contributed by atoms with E-state index in [1.165, 1.54) is 4.88 Å². The van der Waals surface area contributed by atoms with Crippen LogP contribution in [0.4, 0.5) is 0 Å². The highest BCUT2D eigenvalue weighted by molar-refractivity contribution is 9.10. The van der Waals surface area contributed by atoms with Crippen molar-refractivity contribution in [3.63, 3.8) is 0 Å². The Hall–Kier alpha value is 0.430. The Morgan fingerprint density at radius 3 is 2.35 bits per heavy atom. The standard InChI is InChI=1S/C13H19BrClNS/c1-12(2)10(13(12,3)4)7-16-6-8-5-9(14)11(15)17-8/h5,10,16H,6-7H2,1-4H3. The zero-order valence-electron chi connectivity index (χ0n) is 10.7. The van der Waals surface area contributed by atoms with Crippen molar-refractivity contribution in [3.8, 4) is 0 Å². The van der Waals surface area contributed by atoms with Crippen molar-refractivity contribution < 1.29 is 0 Å². The first-order valence-corrected chi connectivity index (χ1v) is 7.90. The molecule has 17 heavy (non-hydrogen) atoms. The van der Waals surface area contributed by atoms with Gasteiger partial charge in [-0.1, -0.05) is 39.3 Å². The average Bonchev–Trinajstić information content (AvgIpc) is 2.50. The van der Waals surface area contributed by atoms with E-state index in [1.54, 1.807) is 11.3 Å². The molecule has 1 nitrogen and oxygen atoms in total. The third-order valence-corrected chi connectivity index (χ3v) is 7.14. The number of nitrogens with one attached hydrogen (secondary N) is 1. The predicted molar refractivity (Wildman–Crippen MR) is 79.8 cm³/mol. The maximum absolute atomic E-state index is 6.02. The lowest BCUT2D eigenvalue weighted by Gasteiger charge is -2.04. The number of hydrogen-bond acceptors (Lipinski definition) is 2. The summed E-state index contributed by atoms with van der Waals surface area (Å²) in [6.45, 7) is 11.4. The van der Waals surface area contributed by atoms with Crippen molar-refractivity contribution in [1.82, 2.24) is 5.32 Å². The highest BCUT2D eigenvalue weighted by atomic mass is 79.9. The summed E-state index contributed by atoms with van der Waals surface area (Å²) in [6, 6.07) is 2.10. The maximum atomic E-state index is 6.02. The molecule has 1 aliphatic rings. The minimum absolute atomic E-state index is 0.466. The lowest BCUT2D eigenvalue weighted by molar-refractivity contribution is 0.457. The fraction of sp³-hybridized carbons (Fsp3) is 0.692. The van der Waals surface area contributed by atoms with Gasteiger partial charge in [0.05, 0.1) is 0 Å². The summed E-state index contributed by atoms with van der Waals surface area (Å²) >= 11 is 11.1. The summed E-state index contributed by atoms with van der Waals surface area (Å²) in [5.74, 6) is 0.772. The smallest absolute Gasteiger partial charge is 0.107 e. The van der Waals surface area contributed by atoms with Gasteiger partial charge in [-0.3, -0.25) is 0 Å². The van der Waals surface area contributed by atoms with E-state index in [0.717, 1.165) is 27.8 Å². The molecule has 1 N–H and O–H groups in total. The molecule has 2 rings (SSSR count). The number of thiophene rings is 1. The number of rotatable bonds is 4. The van der Waals surface area contributed by atoms with Gasteiger partial charge in [-0.2, -0.15) is 0 Å². The van der Waals surface area contributed by atoms with Crippen LogP contribution < -0.4 is 5.32 Å². The Kier molecular flexibility index (Phi) is 3.68. The molecule has 1 aromatic heterocycles. The summed E-state index contributed by atoms with van der Waals surface area (Å²) < 4.78 is 1.85. The van der Waals surface area contributed by atoms with Gasteiger partial charge in [-0.05, 0) is 45.3 Å². The topological polar surface area (TPSA) is 12.0 Å². The maximum Gasteiger partial charge on any atom is 0.107 e. The molecular formula is C13H19BrClNS. The Morgan fingerprint density at radius 2 is 1.94 bits per heavy atom. The van der Waals surface area contributed by atoms with E-state index in [2.05, 4.69) is 55.0 Å². The molecule has 96 valence electrons. The van der Waals surface area contributed by atoms with E-state index in [1.807, 2.05) is 0 Å². The van der Waals surface area contributed by atoms with Crippen molar-refractivity contribution >= 4 is 38.9 Å². The van der Waals surface area contributed by atoms with E-state index in [4.69, 9.17) is 11.6 Å². The van der Waals surface area contributed by atoms with Crippen LogP contribution >= 0.6 is 38.9 Å². The summed E-state index contributed by atoms with van der Waals surface area (Å²) in [5.41, 5.74) is 0.932. The Bertz CT molecular complexity index is 392. The molecule has 4 heteroatoms. The summed E-state index contributed by atoms with van der Waals surface area (Å²) in [6.07, 6.45) is 0. The molecule has 1 heterocycles. The average molecular weight is 337 g/mol. The molecule has 1 fully saturated rings. The summed E-state index contributed by atoms with van der Waals surface area (Å²) in [5, 5.41) is 3.55. The molecule has 1 saturated carbocycles. The molecular weight excluding hydrogens is 318 g/mol. The molecule has 0 bridgehead atoms. The summed E-state index contributed by atoms with van der Waals surface area (Å²) in [4.78, 5) is 1.29. The zero-order valence-corrected chi connectivity index (χ0v) is 13.9. The van der Waals surface area contributed by atoms with E-state index < -0.39 is 0 Å². The first kappa shape index (κ1) is 13.9. The SMILES string of the molecule is CC1(C)C(CNCc2cc(Br)c(Cl)s2)C1(C)C. The molecule has 1 aliphatic carbocycles. The Labute approximate surface area is 121 Å². The molecule has 0 aliphatic heterocycles. The first-order valence-electron chi connectivity index (χ1n) is 5.91. The van der Waals surface area contributed by atoms with Crippen molar-refractivity contribution in [3.05, 3.63) is 19.8 Å². The van der Waals surface area contributed by atoms with Crippen LogP contribution in [0.2, 0.25) is 4.34 Å². The molecule has 0 radical (unpaired) electrons.